The minimum Gasteiger partial charge on any atom is -0.466 e. The molecule has 0 radical (unpaired) electrons. The molecule has 0 rings (SSSR count). The fourth-order valence-corrected chi connectivity index (χ4v) is 4.42. The Morgan fingerprint density at radius 3 is 0.836 bits per heavy atom. The molecule has 0 spiro atoms. The molecule has 16 heteroatoms. The highest BCUT2D eigenvalue weighted by Crippen LogP contribution is 2.08. The van der Waals surface area contributed by atoms with Gasteiger partial charge in [-0.1, -0.05) is 45.4 Å². The maximum Gasteiger partial charge on any atom is 0.308 e. The smallest absolute Gasteiger partial charge is 0.308 e. The van der Waals surface area contributed by atoms with Crippen molar-refractivity contribution in [3.63, 3.8) is 0 Å². The Balaban J connectivity index is 3.11. The predicted octanol–water partition coefficient (Wildman–Crippen LogP) is 3.82. The molecule has 16 nitrogen and oxygen atoms in total. The van der Waals surface area contributed by atoms with Crippen molar-refractivity contribution in [1.29, 1.82) is 0 Å². The van der Waals surface area contributed by atoms with E-state index in [4.69, 9.17) is 66.3 Å². The monoisotopic (exact) mass is 801 g/mol. The second-order valence-electron chi connectivity index (χ2n) is 12.0. The van der Waals surface area contributed by atoms with Crippen LogP contribution in [0.1, 0.15) is 71.6 Å². The maximum atomic E-state index is 11.7. The van der Waals surface area contributed by atoms with Crippen LogP contribution in [0.15, 0.2) is 0 Å². The topological polar surface area (TPSA) is 163 Å². The van der Waals surface area contributed by atoms with Crippen LogP contribution in [0, 0.1) is 0 Å². The summed E-state index contributed by atoms with van der Waals surface area (Å²) >= 11 is 0. The number of unbranched alkanes of at least 4 members (excludes halogenated alkanes) is 6. The van der Waals surface area contributed by atoms with Crippen LogP contribution < -0.4 is 0 Å². The molecule has 0 saturated heterocycles. The van der Waals surface area contributed by atoms with Gasteiger partial charge in [-0.15, -0.1) is 0 Å². The number of carbonyl (C=O) groups is 2. The summed E-state index contributed by atoms with van der Waals surface area (Å²) in [6.45, 7) is 15.9. The van der Waals surface area contributed by atoms with E-state index in [1.165, 1.54) is 32.1 Å². The Morgan fingerprint density at radius 2 is 0.527 bits per heavy atom. The summed E-state index contributed by atoms with van der Waals surface area (Å²) in [5.41, 5.74) is 0. The van der Waals surface area contributed by atoms with Crippen molar-refractivity contribution in [1.82, 2.24) is 0 Å². The van der Waals surface area contributed by atoms with Gasteiger partial charge in [0.25, 0.3) is 0 Å². The molecule has 0 bridgehead atoms. The van der Waals surface area contributed by atoms with Gasteiger partial charge in [0.05, 0.1) is 172 Å². The Labute approximate surface area is 331 Å². The van der Waals surface area contributed by atoms with Crippen LogP contribution in [0.5, 0.6) is 0 Å². The first-order chi connectivity index (χ1) is 27.2. The maximum absolute atomic E-state index is 11.7. The lowest BCUT2D eigenvalue weighted by Gasteiger charge is -2.09. The van der Waals surface area contributed by atoms with Crippen molar-refractivity contribution in [3.8, 4) is 0 Å². The van der Waals surface area contributed by atoms with E-state index in [1.807, 2.05) is 0 Å². The summed E-state index contributed by atoms with van der Waals surface area (Å²) in [7, 11) is 0. The van der Waals surface area contributed by atoms with Crippen molar-refractivity contribution in [2.75, 3.05) is 172 Å². The van der Waals surface area contributed by atoms with Crippen LogP contribution in [0.3, 0.4) is 0 Å². The Bertz CT molecular complexity index is 763. The second-order valence-corrected chi connectivity index (χ2v) is 12.0. The van der Waals surface area contributed by atoms with Gasteiger partial charge in [-0.2, -0.15) is 0 Å². The summed E-state index contributed by atoms with van der Waals surface area (Å²) in [4.78, 5) is 22.9. The lowest BCUT2D eigenvalue weighted by Crippen LogP contribution is -2.16. The molecule has 328 valence electrons. The van der Waals surface area contributed by atoms with Gasteiger partial charge in [0.15, 0.2) is 0 Å². The first-order valence-corrected chi connectivity index (χ1v) is 20.4. The first kappa shape index (κ1) is 53.5. The van der Waals surface area contributed by atoms with E-state index in [0.29, 0.717) is 172 Å². The van der Waals surface area contributed by atoms with Crippen molar-refractivity contribution < 1.29 is 75.9 Å². The van der Waals surface area contributed by atoms with Crippen LogP contribution in [0.4, 0.5) is 0 Å². The van der Waals surface area contributed by atoms with Crippen LogP contribution in [-0.2, 0) is 75.9 Å². The van der Waals surface area contributed by atoms with Gasteiger partial charge in [0, 0.05) is 6.42 Å². The van der Waals surface area contributed by atoms with Crippen molar-refractivity contribution in [2.24, 2.45) is 0 Å². The molecular weight excluding hydrogens is 724 g/mol. The van der Waals surface area contributed by atoms with Crippen LogP contribution in [-0.4, -0.2) is 184 Å². The van der Waals surface area contributed by atoms with E-state index in [-0.39, 0.29) is 25.0 Å². The zero-order valence-electron chi connectivity index (χ0n) is 34.3. The molecule has 0 amide bonds. The zero-order valence-corrected chi connectivity index (χ0v) is 34.3. The average molecular weight is 801 g/mol. The number of esters is 2. The molecule has 0 aliphatic carbocycles. The van der Waals surface area contributed by atoms with Crippen LogP contribution in [0.25, 0.3) is 0 Å². The molecule has 0 aromatic carbocycles. The van der Waals surface area contributed by atoms with Crippen molar-refractivity contribution in [2.45, 2.75) is 71.6 Å². The third-order valence-corrected chi connectivity index (χ3v) is 7.32. The molecule has 0 N–H and O–H groups in total. The van der Waals surface area contributed by atoms with Gasteiger partial charge < -0.3 is 66.3 Å². The largest absolute Gasteiger partial charge is 0.466 e. The van der Waals surface area contributed by atoms with Crippen LogP contribution >= 0.6 is 0 Å². The summed E-state index contributed by atoms with van der Waals surface area (Å²) in [6, 6.07) is 0. The predicted molar refractivity (Wildman–Crippen MR) is 205 cm³/mol. The summed E-state index contributed by atoms with van der Waals surface area (Å²) in [6.07, 6.45) is 9.02. The van der Waals surface area contributed by atoms with Crippen molar-refractivity contribution in [3.05, 3.63) is 0 Å². The van der Waals surface area contributed by atoms with Gasteiger partial charge >= 0.3 is 11.9 Å². The van der Waals surface area contributed by atoms with Crippen LogP contribution in [0.2, 0.25) is 0 Å². The molecule has 0 unspecified atom stereocenters. The van der Waals surface area contributed by atoms with E-state index in [9.17, 15) is 9.59 Å². The van der Waals surface area contributed by atoms with Gasteiger partial charge in [-0.3, -0.25) is 9.59 Å². The Hall–Kier alpha value is -1.54. The molecular formula is C39H76O16. The van der Waals surface area contributed by atoms with Gasteiger partial charge in [0.2, 0.25) is 0 Å². The number of ether oxygens (including phenoxy) is 14. The lowest BCUT2D eigenvalue weighted by atomic mass is 10.1. The highest BCUT2D eigenvalue weighted by molar-refractivity contribution is 5.69. The number of carbonyl (C=O) groups excluding carboxylic acids is 2. The van der Waals surface area contributed by atoms with Crippen molar-refractivity contribution >= 4 is 11.9 Å². The van der Waals surface area contributed by atoms with E-state index in [1.54, 1.807) is 6.92 Å². The highest BCUT2D eigenvalue weighted by Gasteiger charge is 2.03. The first-order valence-electron chi connectivity index (χ1n) is 20.4. The standard InChI is InChI=1S/C39H76O16/c1-3-5-6-7-8-9-10-11-38(40)55-37-36-53-35-34-52-33-32-51-31-30-50-29-28-49-27-26-48-25-24-47-23-22-46-21-20-45-19-18-44-17-16-43-15-14-42-13-12-39(41)54-4-2/h3-37H2,1-2H3. The molecule has 0 fully saturated rings. The molecule has 0 aromatic rings. The molecule has 0 aliphatic heterocycles. The van der Waals surface area contributed by atoms with Gasteiger partial charge in [-0.25, -0.2) is 0 Å². The quantitative estimate of drug-likeness (QED) is 0.0644. The molecule has 55 heavy (non-hydrogen) atoms. The second kappa shape index (κ2) is 48.6. The fourth-order valence-electron chi connectivity index (χ4n) is 4.42. The van der Waals surface area contributed by atoms with Gasteiger partial charge in [-0.05, 0) is 13.3 Å². The number of hydrogen-bond acceptors (Lipinski definition) is 16. The minimum absolute atomic E-state index is 0.145. The van der Waals surface area contributed by atoms with E-state index >= 15 is 0 Å². The summed E-state index contributed by atoms with van der Waals surface area (Å²) in [5.74, 6) is -0.399. The molecule has 0 saturated carbocycles. The van der Waals surface area contributed by atoms with E-state index in [0.717, 1.165) is 12.8 Å². The number of hydrogen-bond donors (Lipinski definition) is 0. The normalized spacial score (nSPS) is 11.4. The Morgan fingerprint density at radius 1 is 0.273 bits per heavy atom. The molecule has 0 atom stereocenters. The molecule has 0 aromatic heterocycles. The lowest BCUT2D eigenvalue weighted by molar-refractivity contribution is -0.146. The third kappa shape index (κ3) is 48.5. The van der Waals surface area contributed by atoms with E-state index in [2.05, 4.69) is 6.92 Å². The van der Waals surface area contributed by atoms with Gasteiger partial charge in [0.1, 0.15) is 6.61 Å². The number of rotatable bonds is 48. The summed E-state index contributed by atoms with van der Waals surface area (Å²) in [5, 5.41) is 0. The fraction of sp³-hybridized carbons (Fsp3) is 0.949. The molecule has 0 aliphatic rings. The zero-order chi connectivity index (χ0) is 39.8. The highest BCUT2D eigenvalue weighted by atomic mass is 16.6. The average Bonchev–Trinajstić information content (AvgIpc) is 3.18. The Kier molecular flexibility index (Phi) is 47.2. The molecule has 0 heterocycles. The minimum atomic E-state index is -0.254. The SMILES string of the molecule is CCCCCCCCCC(=O)OCCOCCOCCOCCOCCOCCOCCOCCOCCOCCOCCOCCOCCC(=O)OCC. The van der Waals surface area contributed by atoms with E-state index < -0.39 is 0 Å². The third-order valence-electron chi connectivity index (χ3n) is 7.32. The summed E-state index contributed by atoms with van der Waals surface area (Å²) < 4.78 is 75.4.